The van der Waals surface area contributed by atoms with Gasteiger partial charge in [-0.15, -0.1) is 0 Å². The highest BCUT2D eigenvalue weighted by atomic mass is 16.3. The van der Waals surface area contributed by atoms with Crippen LogP contribution in [0.4, 0.5) is 0 Å². The first-order chi connectivity index (χ1) is 8.89. The first-order valence-corrected chi connectivity index (χ1v) is 6.96. The van der Waals surface area contributed by atoms with E-state index in [1.165, 1.54) is 0 Å². The molecule has 0 heterocycles. The van der Waals surface area contributed by atoms with Gasteiger partial charge in [0.05, 0.1) is 5.60 Å². The summed E-state index contributed by atoms with van der Waals surface area (Å²) in [6.45, 7) is 4.42. The lowest BCUT2D eigenvalue weighted by atomic mass is 10.0. The number of hydrogen-bond donors (Lipinski definition) is 1. The summed E-state index contributed by atoms with van der Waals surface area (Å²) in [5, 5.41) is 10.4. The number of carbonyl (C=O) groups is 1. The fourth-order valence-electron chi connectivity index (χ4n) is 3.02. The monoisotopic (exact) mass is 261 g/mol. The second kappa shape index (κ2) is 5.33. The summed E-state index contributed by atoms with van der Waals surface area (Å²) in [5.41, 5.74) is 2.22. The highest BCUT2D eigenvalue weighted by Crippen LogP contribution is 2.30. The molecule has 0 radical (unpaired) electrons. The van der Waals surface area contributed by atoms with Crippen molar-refractivity contribution in [1.82, 2.24) is 4.90 Å². The zero-order valence-electron chi connectivity index (χ0n) is 12.1. The van der Waals surface area contributed by atoms with Crippen LogP contribution in [0.5, 0.6) is 0 Å². The second-order valence-electron chi connectivity index (χ2n) is 5.97. The van der Waals surface area contributed by atoms with Gasteiger partial charge in [0.25, 0.3) is 5.91 Å². The number of benzene rings is 1. The van der Waals surface area contributed by atoms with E-state index < -0.39 is 5.60 Å². The molecule has 0 bridgehead atoms. The van der Waals surface area contributed by atoms with E-state index in [0.29, 0.717) is 12.1 Å². The SMILES string of the molecule is Cc1cc(C)cc(C(=O)N(C)CC2(O)CCCC2)c1. The number of hydrogen-bond acceptors (Lipinski definition) is 2. The number of carbonyl (C=O) groups excluding carboxylic acids is 1. The third-order valence-corrected chi connectivity index (χ3v) is 3.88. The number of nitrogens with zero attached hydrogens (tertiary/aromatic N) is 1. The van der Waals surface area contributed by atoms with Crippen molar-refractivity contribution in [3.8, 4) is 0 Å². The maximum atomic E-state index is 12.4. The Kier molecular flexibility index (Phi) is 3.95. The zero-order valence-corrected chi connectivity index (χ0v) is 12.1. The van der Waals surface area contributed by atoms with Gasteiger partial charge in [-0.2, -0.15) is 0 Å². The number of rotatable bonds is 3. The summed E-state index contributed by atoms with van der Waals surface area (Å²) in [7, 11) is 1.77. The summed E-state index contributed by atoms with van der Waals surface area (Å²) in [6.07, 6.45) is 3.72. The molecule has 1 N–H and O–H groups in total. The molecular weight excluding hydrogens is 238 g/mol. The minimum Gasteiger partial charge on any atom is -0.388 e. The summed E-state index contributed by atoms with van der Waals surface area (Å²) >= 11 is 0. The van der Waals surface area contributed by atoms with Gasteiger partial charge in [0.15, 0.2) is 0 Å². The van der Waals surface area contributed by atoms with Crippen LogP contribution in [0.25, 0.3) is 0 Å². The zero-order chi connectivity index (χ0) is 14.0. The fourth-order valence-corrected chi connectivity index (χ4v) is 3.02. The Labute approximate surface area is 115 Å². The molecule has 3 heteroatoms. The summed E-state index contributed by atoms with van der Waals surface area (Å²) < 4.78 is 0. The van der Waals surface area contributed by atoms with E-state index >= 15 is 0 Å². The maximum Gasteiger partial charge on any atom is 0.253 e. The highest BCUT2D eigenvalue weighted by Gasteiger charge is 2.33. The Morgan fingerprint density at radius 2 is 1.74 bits per heavy atom. The minimum absolute atomic E-state index is 0.00729. The predicted octanol–water partition coefficient (Wildman–Crippen LogP) is 2.68. The smallest absolute Gasteiger partial charge is 0.253 e. The van der Waals surface area contributed by atoms with Gasteiger partial charge in [-0.1, -0.05) is 30.0 Å². The van der Waals surface area contributed by atoms with E-state index in [0.717, 1.165) is 36.8 Å². The van der Waals surface area contributed by atoms with E-state index in [1.807, 2.05) is 26.0 Å². The largest absolute Gasteiger partial charge is 0.388 e. The van der Waals surface area contributed by atoms with Gasteiger partial charge in [0.2, 0.25) is 0 Å². The first kappa shape index (κ1) is 14.1. The molecule has 1 aliphatic rings. The molecule has 1 saturated carbocycles. The van der Waals surface area contributed by atoms with Crippen LogP contribution in [0.2, 0.25) is 0 Å². The molecule has 104 valence electrons. The van der Waals surface area contributed by atoms with Crippen molar-refractivity contribution in [3.63, 3.8) is 0 Å². The lowest BCUT2D eigenvalue weighted by Crippen LogP contribution is -2.42. The molecule has 1 aromatic carbocycles. The standard InChI is InChI=1S/C16H23NO2/c1-12-8-13(2)10-14(9-12)15(18)17(3)11-16(19)6-4-5-7-16/h8-10,19H,4-7,11H2,1-3H3. The van der Waals surface area contributed by atoms with Gasteiger partial charge < -0.3 is 10.0 Å². The third kappa shape index (κ3) is 3.35. The summed E-state index contributed by atoms with van der Waals surface area (Å²) in [6, 6.07) is 5.87. The van der Waals surface area contributed by atoms with Crippen molar-refractivity contribution in [1.29, 1.82) is 0 Å². The van der Waals surface area contributed by atoms with E-state index in [1.54, 1.807) is 11.9 Å². The third-order valence-electron chi connectivity index (χ3n) is 3.88. The van der Waals surface area contributed by atoms with Crippen molar-refractivity contribution in [3.05, 3.63) is 34.9 Å². The van der Waals surface area contributed by atoms with Crippen molar-refractivity contribution in [2.24, 2.45) is 0 Å². The molecular formula is C16H23NO2. The van der Waals surface area contributed by atoms with Gasteiger partial charge in [0, 0.05) is 19.2 Å². The molecule has 3 nitrogen and oxygen atoms in total. The molecule has 1 aromatic rings. The van der Waals surface area contributed by atoms with E-state index in [-0.39, 0.29) is 5.91 Å². The van der Waals surface area contributed by atoms with Crippen LogP contribution < -0.4 is 0 Å². The highest BCUT2D eigenvalue weighted by molar-refractivity contribution is 5.94. The van der Waals surface area contributed by atoms with Gasteiger partial charge >= 0.3 is 0 Å². The molecule has 0 aliphatic heterocycles. The summed E-state index contributed by atoms with van der Waals surface area (Å²) in [4.78, 5) is 14.0. The Bertz CT molecular complexity index is 455. The molecule has 1 amide bonds. The van der Waals surface area contributed by atoms with Crippen LogP contribution in [-0.2, 0) is 0 Å². The number of aryl methyl sites for hydroxylation is 2. The summed E-state index contributed by atoms with van der Waals surface area (Å²) in [5.74, 6) is -0.00729. The average Bonchev–Trinajstić information content (AvgIpc) is 2.73. The quantitative estimate of drug-likeness (QED) is 0.908. The fraction of sp³-hybridized carbons (Fsp3) is 0.562. The molecule has 1 fully saturated rings. The molecule has 0 atom stereocenters. The Morgan fingerprint density at radius 1 is 1.21 bits per heavy atom. The molecule has 2 rings (SSSR count). The van der Waals surface area contributed by atoms with E-state index in [2.05, 4.69) is 6.07 Å². The Morgan fingerprint density at radius 3 is 2.26 bits per heavy atom. The van der Waals surface area contributed by atoms with Crippen LogP contribution in [0, 0.1) is 13.8 Å². The topological polar surface area (TPSA) is 40.5 Å². The van der Waals surface area contributed by atoms with E-state index in [9.17, 15) is 9.90 Å². The lowest BCUT2D eigenvalue weighted by Gasteiger charge is -2.28. The molecule has 0 saturated heterocycles. The van der Waals surface area contributed by atoms with Crippen LogP contribution >= 0.6 is 0 Å². The Balaban J connectivity index is 2.10. The van der Waals surface area contributed by atoms with Gasteiger partial charge in [0.1, 0.15) is 0 Å². The van der Waals surface area contributed by atoms with Crippen LogP contribution in [0.3, 0.4) is 0 Å². The lowest BCUT2D eigenvalue weighted by molar-refractivity contribution is 0.0157. The van der Waals surface area contributed by atoms with E-state index in [4.69, 9.17) is 0 Å². The molecule has 0 unspecified atom stereocenters. The second-order valence-corrected chi connectivity index (χ2v) is 5.97. The van der Waals surface area contributed by atoms with Crippen molar-refractivity contribution in [2.75, 3.05) is 13.6 Å². The first-order valence-electron chi connectivity index (χ1n) is 6.96. The Hall–Kier alpha value is -1.35. The average molecular weight is 261 g/mol. The number of amides is 1. The molecule has 0 aromatic heterocycles. The number of likely N-dealkylation sites (N-methyl/N-ethyl adjacent to an activating group) is 1. The normalized spacial score (nSPS) is 17.5. The van der Waals surface area contributed by atoms with Crippen molar-refractivity contribution >= 4 is 5.91 Å². The van der Waals surface area contributed by atoms with Crippen LogP contribution in [0.1, 0.15) is 47.2 Å². The van der Waals surface area contributed by atoms with Crippen LogP contribution in [-0.4, -0.2) is 35.1 Å². The maximum absolute atomic E-state index is 12.4. The number of aliphatic hydroxyl groups is 1. The van der Waals surface area contributed by atoms with Crippen LogP contribution in [0.15, 0.2) is 18.2 Å². The molecule has 1 aliphatic carbocycles. The van der Waals surface area contributed by atoms with Gasteiger partial charge in [-0.05, 0) is 38.8 Å². The van der Waals surface area contributed by atoms with Crippen molar-refractivity contribution in [2.45, 2.75) is 45.1 Å². The van der Waals surface area contributed by atoms with Gasteiger partial charge in [-0.25, -0.2) is 0 Å². The predicted molar refractivity (Wildman–Crippen MR) is 76.3 cm³/mol. The molecule has 19 heavy (non-hydrogen) atoms. The molecule has 0 spiro atoms. The van der Waals surface area contributed by atoms with Gasteiger partial charge in [-0.3, -0.25) is 4.79 Å². The van der Waals surface area contributed by atoms with Crippen molar-refractivity contribution < 1.29 is 9.90 Å². The minimum atomic E-state index is -0.677.